The minimum atomic E-state index is -0.351. The molecule has 0 unspecified atom stereocenters. The summed E-state index contributed by atoms with van der Waals surface area (Å²) >= 11 is 8.71. The summed E-state index contributed by atoms with van der Waals surface area (Å²) in [5.41, 5.74) is 1.82. The van der Waals surface area contributed by atoms with E-state index in [-0.39, 0.29) is 22.5 Å². The number of thiocarbonyl (C=S) groups is 1. The summed E-state index contributed by atoms with van der Waals surface area (Å²) in [5, 5.41) is 0.269. The predicted molar refractivity (Wildman–Crippen MR) is 109 cm³/mol. The SMILES string of the molecule is CCN1C(=O)C(=Cc2cccn2-c2ccc(Br)cc2)C(=O)N(CC)C1=S. The molecule has 0 aliphatic carbocycles. The number of likely N-dealkylation sites (N-methyl/N-ethyl adjacent to an activating group) is 2. The number of hydrogen-bond acceptors (Lipinski definition) is 3. The van der Waals surface area contributed by atoms with E-state index in [9.17, 15) is 9.59 Å². The van der Waals surface area contributed by atoms with Gasteiger partial charge in [0.2, 0.25) is 0 Å². The molecule has 1 aliphatic heterocycles. The Hall–Kier alpha value is -2.25. The lowest BCUT2D eigenvalue weighted by Gasteiger charge is -2.35. The molecule has 0 spiro atoms. The molecule has 0 radical (unpaired) electrons. The van der Waals surface area contributed by atoms with Crippen molar-refractivity contribution in [1.82, 2.24) is 14.4 Å². The van der Waals surface area contributed by atoms with E-state index in [2.05, 4.69) is 15.9 Å². The summed E-state index contributed by atoms with van der Waals surface area (Å²) in [6.07, 6.45) is 3.53. The van der Waals surface area contributed by atoms with Crippen LogP contribution >= 0.6 is 28.1 Å². The predicted octanol–water partition coefficient (Wildman–Crippen LogP) is 3.62. The largest absolute Gasteiger partial charge is 0.317 e. The van der Waals surface area contributed by atoms with E-state index in [0.717, 1.165) is 15.9 Å². The molecule has 1 fully saturated rings. The average molecular weight is 432 g/mol. The topological polar surface area (TPSA) is 45.6 Å². The Labute approximate surface area is 166 Å². The van der Waals surface area contributed by atoms with Crippen LogP contribution in [0.25, 0.3) is 11.8 Å². The van der Waals surface area contributed by atoms with Crippen LogP contribution in [0.4, 0.5) is 0 Å². The lowest BCUT2D eigenvalue weighted by atomic mass is 10.1. The Morgan fingerprint density at radius 1 is 1.00 bits per heavy atom. The smallest absolute Gasteiger partial charge is 0.265 e. The highest BCUT2D eigenvalue weighted by Crippen LogP contribution is 2.22. The lowest BCUT2D eigenvalue weighted by molar-refractivity contribution is -0.133. The summed E-state index contributed by atoms with van der Waals surface area (Å²) in [6.45, 7) is 4.53. The number of halogens is 1. The van der Waals surface area contributed by atoms with Gasteiger partial charge in [-0.2, -0.15) is 0 Å². The van der Waals surface area contributed by atoms with E-state index in [1.54, 1.807) is 6.08 Å². The number of rotatable bonds is 4. The van der Waals surface area contributed by atoms with Gasteiger partial charge in [0, 0.05) is 35.1 Å². The van der Waals surface area contributed by atoms with Crippen molar-refractivity contribution in [3.63, 3.8) is 0 Å². The van der Waals surface area contributed by atoms with Crippen LogP contribution in [0.2, 0.25) is 0 Å². The van der Waals surface area contributed by atoms with Crippen LogP contribution in [0, 0.1) is 0 Å². The van der Waals surface area contributed by atoms with E-state index in [1.807, 2.05) is 61.0 Å². The Morgan fingerprint density at radius 2 is 1.58 bits per heavy atom. The number of carbonyl (C=O) groups excluding carboxylic acids is 2. The fourth-order valence-electron chi connectivity index (χ4n) is 2.88. The van der Waals surface area contributed by atoms with Gasteiger partial charge in [0.15, 0.2) is 5.11 Å². The number of benzene rings is 1. The summed E-state index contributed by atoms with van der Waals surface area (Å²) < 4.78 is 2.91. The molecule has 0 saturated carbocycles. The van der Waals surface area contributed by atoms with Gasteiger partial charge in [0.1, 0.15) is 5.57 Å². The molecule has 1 saturated heterocycles. The molecule has 134 valence electrons. The van der Waals surface area contributed by atoms with Crippen molar-refractivity contribution in [2.24, 2.45) is 0 Å². The third kappa shape index (κ3) is 3.24. The van der Waals surface area contributed by atoms with Crippen LogP contribution in [0.5, 0.6) is 0 Å². The van der Waals surface area contributed by atoms with Gasteiger partial charge >= 0.3 is 0 Å². The fraction of sp³-hybridized carbons (Fsp3) is 0.211. The zero-order valence-corrected chi connectivity index (χ0v) is 16.9. The first-order chi connectivity index (χ1) is 12.5. The van der Waals surface area contributed by atoms with Crippen LogP contribution in [0.1, 0.15) is 19.5 Å². The fourth-order valence-corrected chi connectivity index (χ4v) is 3.57. The highest BCUT2D eigenvalue weighted by Gasteiger charge is 2.37. The maximum absolute atomic E-state index is 12.8. The van der Waals surface area contributed by atoms with Crippen LogP contribution < -0.4 is 0 Å². The molecule has 1 aromatic carbocycles. The van der Waals surface area contributed by atoms with E-state index in [1.165, 1.54) is 9.80 Å². The molecule has 0 N–H and O–H groups in total. The Balaban J connectivity index is 2.05. The number of amides is 2. The molecule has 7 heteroatoms. The molecule has 5 nitrogen and oxygen atoms in total. The molecule has 0 bridgehead atoms. The van der Waals surface area contributed by atoms with Gasteiger partial charge in [-0.15, -0.1) is 0 Å². The number of aromatic nitrogens is 1. The molecule has 2 amide bonds. The van der Waals surface area contributed by atoms with Gasteiger partial charge < -0.3 is 4.57 Å². The molecule has 1 aromatic heterocycles. The Morgan fingerprint density at radius 3 is 2.12 bits per heavy atom. The molecule has 26 heavy (non-hydrogen) atoms. The first kappa shape index (κ1) is 18.5. The summed E-state index contributed by atoms with van der Waals surface area (Å²) in [4.78, 5) is 28.4. The van der Waals surface area contributed by atoms with Crippen molar-refractivity contribution >= 4 is 51.2 Å². The van der Waals surface area contributed by atoms with E-state index < -0.39 is 0 Å². The molecule has 0 atom stereocenters. The third-order valence-corrected chi connectivity index (χ3v) is 5.19. The highest BCUT2D eigenvalue weighted by molar-refractivity contribution is 9.10. The summed E-state index contributed by atoms with van der Waals surface area (Å²) in [6, 6.07) is 11.6. The number of hydrogen-bond donors (Lipinski definition) is 0. The molecule has 3 rings (SSSR count). The molecule has 2 heterocycles. The quantitative estimate of drug-likeness (QED) is 0.421. The van der Waals surface area contributed by atoms with Gasteiger partial charge in [0.05, 0.1) is 0 Å². The second-order valence-corrected chi connectivity index (χ2v) is 7.00. The minimum Gasteiger partial charge on any atom is -0.317 e. The maximum Gasteiger partial charge on any atom is 0.265 e. The van der Waals surface area contributed by atoms with E-state index in [0.29, 0.717) is 13.1 Å². The van der Waals surface area contributed by atoms with Crippen molar-refractivity contribution in [2.45, 2.75) is 13.8 Å². The normalized spacial score (nSPS) is 15.0. The summed E-state index contributed by atoms with van der Waals surface area (Å²) in [7, 11) is 0. The van der Waals surface area contributed by atoms with E-state index >= 15 is 0 Å². The maximum atomic E-state index is 12.8. The van der Waals surface area contributed by atoms with Crippen molar-refractivity contribution in [2.75, 3.05) is 13.1 Å². The van der Waals surface area contributed by atoms with Crippen molar-refractivity contribution in [3.8, 4) is 5.69 Å². The van der Waals surface area contributed by atoms with Gasteiger partial charge in [-0.25, -0.2) is 0 Å². The number of nitrogens with zero attached hydrogens (tertiary/aromatic N) is 3. The van der Waals surface area contributed by atoms with Crippen LogP contribution in [0.3, 0.4) is 0 Å². The van der Waals surface area contributed by atoms with Crippen molar-refractivity contribution in [3.05, 3.63) is 58.3 Å². The zero-order valence-electron chi connectivity index (χ0n) is 14.5. The monoisotopic (exact) mass is 431 g/mol. The minimum absolute atomic E-state index is 0.124. The highest BCUT2D eigenvalue weighted by atomic mass is 79.9. The first-order valence-electron chi connectivity index (χ1n) is 8.30. The van der Waals surface area contributed by atoms with Gasteiger partial charge in [-0.3, -0.25) is 19.4 Å². The molecular formula is C19H18BrN3O2S. The molecular weight excluding hydrogens is 414 g/mol. The second-order valence-electron chi connectivity index (χ2n) is 5.72. The van der Waals surface area contributed by atoms with Gasteiger partial charge in [-0.05, 0) is 68.5 Å². The van der Waals surface area contributed by atoms with Crippen LogP contribution in [-0.2, 0) is 9.59 Å². The van der Waals surface area contributed by atoms with Crippen LogP contribution in [-0.4, -0.2) is 44.4 Å². The number of carbonyl (C=O) groups is 2. The van der Waals surface area contributed by atoms with Gasteiger partial charge in [-0.1, -0.05) is 15.9 Å². The van der Waals surface area contributed by atoms with Gasteiger partial charge in [0.25, 0.3) is 11.8 Å². The third-order valence-electron chi connectivity index (χ3n) is 4.22. The molecule has 1 aliphatic rings. The Bertz CT molecular complexity index is 874. The van der Waals surface area contributed by atoms with Crippen LogP contribution in [0.15, 0.2) is 52.6 Å². The standard InChI is InChI=1S/C19H18BrN3O2S/c1-3-21-17(24)16(18(25)22(4-2)19(21)26)12-15-6-5-11-23(15)14-9-7-13(20)8-10-14/h5-12H,3-4H2,1-2H3. The average Bonchev–Trinajstić information content (AvgIpc) is 3.08. The summed E-state index contributed by atoms with van der Waals surface area (Å²) in [5.74, 6) is -0.702. The lowest BCUT2D eigenvalue weighted by Crippen LogP contribution is -2.55. The Kier molecular flexibility index (Phi) is 5.38. The molecule has 2 aromatic rings. The van der Waals surface area contributed by atoms with Crippen molar-refractivity contribution < 1.29 is 9.59 Å². The first-order valence-corrected chi connectivity index (χ1v) is 9.50. The van der Waals surface area contributed by atoms with E-state index in [4.69, 9.17) is 12.2 Å². The second kappa shape index (κ2) is 7.55. The van der Waals surface area contributed by atoms with Crippen molar-refractivity contribution in [1.29, 1.82) is 0 Å². The zero-order chi connectivity index (χ0) is 18.8.